The maximum atomic E-state index is 12.7. The number of likely N-dealkylation sites (N-methyl/N-ethyl adjacent to an activating group) is 1. The van der Waals surface area contributed by atoms with Crippen molar-refractivity contribution in [1.29, 1.82) is 0 Å². The number of Topliss-reactive ketones (excluding diaryl/α,β-unsaturated/α-hetero) is 2. The van der Waals surface area contributed by atoms with E-state index in [1.54, 1.807) is 0 Å². The van der Waals surface area contributed by atoms with Gasteiger partial charge in [0.25, 0.3) is 0 Å². The smallest absolute Gasteiger partial charge is 0.462 e. The summed E-state index contributed by atoms with van der Waals surface area (Å²) in [5.74, 6) is -0.799. The predicted molar refractivity (Wildman–Crippen MR) is 239 cm³/mol. The Morgan fingerprint density at radius 3 is 1.24 bits per heavy atom. The quantitative estimate of drug-likeness (QED) is 0.0207. The Balaban J connectivity index is 4.36. The third-order valence-corrected chi connectivity index (χ3v) is 11.7. The van der Waals surface area contributed by atoms with E-state index >= 15 is 0 Å². The van der Waals surface area contributed by atoms with Gasteiger partial charge in [-0.15, -0.1) is 0 Å². The molecule has 2 unspecified atom stereocenters. The number of phosphoric acid groups is 1. The number of carbonyl (C=O) groups excluding carboxylic acids is 4. The summed E-state index contributed by atoms with van der Waals surface area (Å²) in [5, 5.41) is 0. The van der Waals surface area contributed by atoms with Gasteiger partial charge in [0, 0.05) is 25.7 Å². The highest BCUT2D eigenvalue weighted by Crippen LogP contribution is 2.43. The van der Waals surface area contributed by atoms with Crippen LogP contribution >= 0.6 is 7.82 Å². The third-order valence-electron chi connectivity index (χ3n) is 10.7. The van der Waals surface area contributed by atoms with Crippen LogP contribution in [0.15, 0.2) is 0 Å². The molecule has 0 bridgehead atoms. The molecular weight excluding hydrogens is 769 g/mol. The fourth-order valence-electron chi connectivity index (χ4n) is 6.88. The highest BCUT2D eigenvalue weighted by atomic mass is 31.2. The van der Waals surface area contributed by atoms with E-state index in [4.69, 9.17) is 18.5 Å². The first-order valence-electron chi connectivity index (χ1n) is 24.1. The van der Waals surface area contributed by atoms with Gasteiger partial charge in [0.05, 0.1) is 34.2 Å². The molecule has 11 nitrogen and oxygen atoms in total. The molecular formula is C47H91NO10P+. The van der Waals surface area contributed by atoms with Gasteiger partial charge in [-0.05, 0) is 25.7 Å². The minimum atomic E-state index is -4.41. The molecule has 12 heteroatoms. The zero-order valence-electron chi connectivity index (χ0n) is 38.8. The van der Waals surface area contributed by atoms with Gasteiger partial charge in [-0.25, -0.2) is 4.57 Å². The third kappa shape index (κ3) is 42.8. The fourth-order valence-corrected chi connectivity index (χ4v) is 7.62. The molecule has 0 aliphatic rings. The topological polar surface area (TPSA) is 142 Å². The van der Waals surface area contributed by atoms with Crippen LogP contribution in [-0.4, -0.2) is 86.5 Å². The summed E-state index contributed by atoms with van der Waals surface area (Å²) in [4.78, 5) is 59.9. The largest absolute Gasteiger partial charge is 0.472 e. The Morgan fingerprint density at radius 2 is 0.847 bits per heavy atom. The molecule has 2 atom stereocenters. The first-order chi connectivity index (χ1) is 28.3. The number of carbonyl (C=O) groups is 4. The van der Waals surface area contributed by atoms with Crippen LogP contribution in [0.5, 0.6) is 0 Å². The highest BCUT2D eigenvalue weighted by Gasteiger charge is 2.27. The summed E-state index contributed by atoms with van der Waals surface area (Å²) in [5.41, 5.74) is 0. The normalized spacial score (nSPS) is 13.3. The second kappa shape index (κ2) is 39.2. The number of esters is 2. The van der Waals surface area contributed by atoms with Gasteiger partial charge in [0.1, 0.15) is 31.3 Å². The maximum absolute atomic E-state index is 12.7. The Morgan fingerprint density at radius 1 is 0.492 bits per heavy atom. The lowest BCUT2D eigenvalue weighted by molar-refractivity contribution is -0.870. The zero-order chi connectivity index (χ0) is 43.9. The van der Waals surface area contributed by atoms with Gasteiger partial charge in [-0.2, -0.15) is 0 Å². The highest BCUT2D eigenvalue weighted by molar-refractivity contribution is 7.47. The van der Waals surface area contributed by atoms with E-state index in [-0.39, 0.29) is 44.0 Å². The van der Waals surface area contributed by atoms with Gasteiger partial charge in [-0.3, -0.25) is 28.2 Å². The average Bonchev–Trinajstić information content (AvgIpc) is 3.17. The Labute approximate surface area is 361 Å². The number of hydrogen-bond donors (Lipinski definition) is 1. The average molecular weight is 861 g/mol. The molecule has 1 N–H and O–H groups in total. The number of unbranched alkanes of at least 4 members (excludes halogenated alkanes) is 25. The van der Waals surface area contributed by atoms with E-state index in [2.05, 4.69) is 13.8 Å². The number of phosphoric ester groups is 1. The van der Waals surface area contributed by atoms with Gasteiger partial charge < -0.3 is 18.9 Å². The molecule has 348 valence electrons. The monoisotopic (exact) mass is 861 g/mol. The minimum Gasteiger partial charge on any atom is -0.462 e. The van der Waals surface area contributed by atoms with Crippen LogP contribution in [0.2, 0.25) is 0 Å². The van der Waals surface area contributed by atoms with E-state index < -0.39 is 32.5 Å². The number of ketones is 2. The Bertz CT molecular complexity index is 1100. The summed E-state index contributed by atoms with van der Waals surface area (Å²) < 4.78 is 34.2. The number of rotatable bonds is 45. The van der Waals surface area contributed by atoms with E-state index in [0.29, 0.717) is 30.3 Å². The maximum Gasteiger partial charge on any atom is 0.472 e. The van der Waals surface area contributed by atoms with E-state index in [1.165, 1.54) is 109 Å². The van der Waals surface area contributed by atoms with Crippen molar-refractivity contribution in [1.82, 2.24) is 0 Å². The van der Waals surface area contributed by atoms with Gasteiger partial charge in [-0.1, -0.05) is 168 Å². The molecule has 0 amide bonds. The zero-order valence-corrected chi connectivity index (χ0v) is 39.7. The van der Waals surface area contributed by atoms with Gasteiger partial charge >= 0.3 is 19.8 Å². The molecule has 0 aromatic carbocycles. The van der Waals surface area contributed by atoms with Crippen LogP contribution in [-0.2, 0) is 42.3 Å². The predicted octanol–water partition coefficient (Wildman–Crippen LogP) is 12.3. The van der Waals surface area contributed by atoms with Crippen LogP contribution in [0.25, 0.3) is 0 Å². The molecule has 0 saturated heterocycles. The van der Waals surface area contributed by atoms with Crippen molar-refractivity contribution in [3.8, 4) is 0 Å². The van der Waals surface area contributed by atoms with Crippen molar-refractivity contribution in [3.63, 3.8) is 0 Å². The lowest BCUT2D eigenvalue weighted by Gasteiger charge is -2.24. The molecule has 0 fully saturated rings. The molecule has 0 spiro atoms. The molecule has 0 aromatic rings. The van der Waals surface area contributed by atoms with Crippen LogP contribution in [0.1, 0.15) is 226 Å². The minimum absolute atomic E-state index is 0.00522. The van der Waals surface area contributed by atoms with E-state index in [0.717, 1.165) is 64.2 Å². The van der Waals surface area contributed by atoms with E-state index in [9.17, 15) is 28.6 Å². The summed E-state index contributed by atoms with van der Waals surface area (Å²) in [6.07, 6.45) is 31.8. The van der Waals surface area contributed by atoms with Gasteiger partial charge in [0.2, 0.25) is 0 Å². The van der Waals surface area contributed by atoms with Crippen LogP contribution in [0.4, 0.5) is 0 Å². The molecule has 0 radical (unpaired) electrons. The molecule has 59 heavy (non-hydrogen) atoms. The molecule has 0 heterocycles. The lowest BCUT2D eigenvalue weighted by atomic mass is 10.0. The Hall–Kier alpha value is -1.65. The van der Waals surface area contributed by atoms with Crippen molar-refractivity contribution in [2.75, 3.05) is 47.5 Å². The van der Waals surface area contributed by atoms with Crippen molar-refractivity contribution >= 4 is 31.3 Å². The Kier molecular flexibility index (Phi) is 38.1. The van der Waals surface area contributed by atoms with Crippen molar-refractivity contribution in [3.05, 3.63) is 0 Å². The van der Waals surface area contributed by atoms with Crippen LogP contribution in [0.3, 0.4) is 0 Å². The number of hydrogen-bond acceptors (Lipinski definition) is 9. The van der Waals surface area contributed by atoms with Crippen molar-refractivity contribution in [2.45, 2.75) is 232 Å². The first-order valence-corrected chi connectivity index (χ1v) is 25.6. The first kappa shape index (κ1) is 57.3. The van der Waals surface area contributed by atoms with Crippen molar-refractivity contribution < 1.29 is 51.6 Å². The van der Waals surface area contributed by atoms with E-state index in [1.807, 2.05) is 21.1 Å². The lowest BCUT2D eigenvalue weighted by Crippen LogP contribution is -2.37. The van der Waals surface area contributed by atoms with Gasteiger partial charge in [0.15, 0.2) is 6.10 Å². The number of nitrogens with zero attached hydrogens (tertiary/aromatic N) is 1. The molecule has 0 aromatic heterocycles. The summed E-state index contributed by atoms with van der Waals surface area (Å²) in [7, 11) is 1.39. The molecule has 0 aliphatic heterocycles. The van der Waals surface area contributed by atoms with Crippen LogP contribution < -0.4 is 0 Å². The number of quaternary nitrogens is 1. The standard InChI is InChI=1S/C47H90NO10P/c1-6-8-10-12-14-16-17-18-19-21-23-28-32-36-46(51)55-41-45(42-57-59(53,54)56-39-38-48(3,4)5)58-47(52)37-33-29-25-24-27-31-35-44(50)40-43(49)34-30-26-22-20-15-13-11-9-7-2/h45H,6-42H2,1-5H3/p+1. The molecule has 0 aliphatic carbocycles. The summed E-state index contributed by atoms with van der Waals surface area (Å²) in [6, 6.07) is 0. The second-order valence-corrected chi connectivity index (χ2v) is 19.3. The SMILES string of the molecule is CCCCCCCCCCCCCCCC(=O)OCC(COP(=O)(O)OCC[N+](C)(C)C)OC(=O)CCCCCCCCC(=O)CC(=O)CCCCCCCCCCC. The van der Waals surface area contributed by atoms with Crippen LogP contribution in [0, 0.1) is 0 Å². The fraction of sp³-hybridized carbons (Fsp3) is 0.915. The number of ether oxygens (including phenoxy) is 2. The second-order valence-electron chi connectivity index (χ2n) is 17.9. The summed E-state index contributed by atoms with van der Waals surface area (Å²) >= 11 is 0. The summed E-state index contributed by atoms with van der Waals surface area (Å²) in [6.45, 7) is 4.24. The molecule has 0 saturated carbocycles. The van der Waals surface area contributed by atoms with Crippen molar-refractivity contribution in [2.24, 2.45) is 0 Å². The molecule has 0 rings (SSSR count).